The number of hydrogen-bond donors (Lipinski definition) is 3. The van der Waals surface area contributed by atoms with Gasteiger partial charge in [0.05, 0.1) is 18.0 Å². The molecule has 8 nitrogen and oxygen atoms in total. The lowest BCUT2D eigenvalue weighted by Crippen LogP contribution is -2.23. The summed E-state index contributed by atoms with van der Waals surface area (Å²) in [6, 6.07) is 11.0. The Kier molecular flexibility index (Phi) is 4.65. The van der Waals surface area contributed by atoms with Gasteiger partial charge in [0.15, 0.2) is 15.5 Å². The first-order valence-electron chi connectivity index (χ1n) is 8.26. The molecular weight excluding hydrogens is 414 g/mol. The molecule has 3 aromatic rings. The average Bonchev–Trinajstić information content (AvgIpc) is 3.18. The number of methoxy groups -OCH3 is 1. The maximum absolute atomic E-state index is 12.6. The number of carbonyl (C=O) groups excluding carboxylic acids is 2. The molecule has 2 aromatic carbocycles. The normalized spacial score (nSPS) is 12.4. The van der Waals surface area contributed by atoms with E-state index in [1.54, 1.807) is 24.3 Å². The lowest BCUT2D eigenvalue weighted by Gasteiger charge is -2.09. The van der Waals surface area contributed by atoms with E-state index in [4.69, 9.17) is 17.0 Å². The Bertz CT molecular complexity index is 1360. The highest BCUT2D eigenvalue weighted by atomic mass is 32.1. The van der Waals surface area contributed by atoms with Crippen LogP contribution in [0.2, 0.25) is 0 Å². The summed E-state index contributed by atoms with van der Waals surface area (Å²) in [6.45, 7) is 0. The van der Waals surface area contributed by atoms with Gasteiger partial charge in [0.25, 0.3) is 11.8 Å². The van der Waals surface area contributed by atoms with Crippen molar-refractivity contribution in [2.24, 2.45) is 4.99 Å². The summed E-state index contributed by atoms with van der Waals surface area (Å²) in [5.74, 6) is -1.43. The first-order chi connectivity index (χ1) is 13.9. The number of carbonyl (C=O) groups is 2. The first kappa shape index (κ1) is 18.8. The highest BCUT2D eigenvalue weighted by Gasteiger charge is 2.26. The summed E-state index contributed by atoms with van der Waals surface area (Å²) in [5.41, 5.74) is 2.90. The average molecular weight is 427 g/mol. The zero-order chi connectivity index (χ0) is 20.7. The minimum absolute atomic E-state index is 0.111. The van der Waals surface area contributed by atoms with Crippen molar-refractivity contribution in [1.29, 1.82) is 0 Å². The number of hydrogen-bond acceptors (Lipinski definition) is 7. The molecule has 10 heteroatoms. The number of rotatable bonds is 4. The second-order valence-electron chi connectivity index (χ2n) is 5.99. The van der Waals surface area contributed by atoms with E-state index in [0.29, 0.717) is 10.6 Å². The van der Waals surface area contributed by atoms with Gasteiger partial charge in [-0.05, 0) is 36.5 Å². The Morgan fingerprint density at radius 1 is 1.24 bits per heavy atom. The Morgan fingerprint density at radius 3 is 2.76 bits per heavy atom. The number of phenols is 1. The Morgan fingerprint density at radius 2 is 2.00 bits per heavy atom. The summed E-state index contributed by atoms with van der Waals surface area (Å²) in [7, 11) is 1.36. The molecule has 29 heavy (non-hydrogen) atoms. The molecule has 0 aliphatic carbocycles. The molecule has 0 saturated carbocycles. The SMILES string of the molecule is COc1cc(C(=O)Nn2c(O)c(C3=c4ccccc4=NC3=O)sc2=S)ccc1O. The number of ether oxygens (including phenoxy) is 1. The molecule has 1 aliphatic rings. The molecule has 1 aliphatic heterocycles. The number of aromatic nitrogens is 1. The number of nitrogens with zero attached hydrogens (tertiary/aromatic N) is 2. The highest BCUT2D eigenvalue weighted by molar-refractivity contribution is 7.73. The van der Waals surface area contributed by atoms with Crippen LogP contribution in [0.3, 0.4) is 0 Å². The van der Waals surface area contributed by atoms with Crippen LogP contribution in [0, 0.1) is 3.95 Å². The van der Waals surface area contributed by atoms with Crippen LogP contribution in [0.5, 0.6) is 17.4 Å². The summed E-state index contributed by atoms with van der Waals surface area (Å²) >= 11 is 6.24. The van der Waals surface area contributed by atoms with Gasteiger partial charge in [-0.25, -0.2) is 4.99 Å². The van der Waals surface area contributed by atoms with Gasteiger partial charge in [-0.15, -0.1) is 0 Å². The molecule has 0 spiro atoms. The summed E-state index contributed by atoms with van der Waals surface area (Å²) in [5, 5.41) is 21.4. The topological polar surface area (TPSA) is 113 Å². The van der Waals surface area contributed by atoms with E-state index in [-0.39, 0.29) is 37.3 Å². The predicted molar refractivity (Wildman–Crippen MR) is 108 cm³/mol. The van der Waals surface area contributed by atoms with Crippen LogP contribution in [0.1, 0.15) is 15.2 Å². The highest BCUT2D eigenvalue weighted by Crippen LogP contribution is 2.32. The number of amides is 2. The summed E-state index contributed by atoms with van der Waals surface area (Å²) in [4.78, 5) is 29.1. The number of thiazole rings is 1. The van der Waals surface area contributed by atoms with Crippen LogP contribution < -0.4 is 20.7 Å². The van der Waals surface area contributed by atoms with Gasteiger partial charge in [-0.2, -0.15) is 4.68 Å². The summed E-state index contributed by atoms with van der Waals surface area (Å²) < 4.78 is 6.16. The zero-order valence-electron chi connectivity index (χ0n) is 14.9. The second-order valence-corrected chi connectivity index (χ2v) is 7.64. The van der Waals surface area contributed by atoms with Crippen LogP contribution >= 0.6 is 23.6 Å². The molecule has 0 fully saturated rings. The zero-order valence-corrected chi connectivity index (χ0v) is 16.5. The van der Waals surface area contributed by atoms with E-state index in [1.165, 1.54) is 25.3 Å². The van der Waals surface area contributed by atoms with Crippen molar-refractivity contribution in [3.8, 4) is 17.4 Å². The number of para-hydroxylation sites is 1. The maximum Gasteiger partial charge on any atom is 0.279 e. The second kappa shape index (κ2) is 7.15. The van der Waals surface area contributed by atoms with Crippen LogP contribution in [-0.4, -0.2) is 33.8 Å². The van der Waals surface area contributed by atoms with Gasteiger partial charge in [-0.1, -0.05) is 29.5 Å². The molecule has 0 radical (unpaired) electrons. The third kappa shape index (κ3) is 3.18. The smallest absolute Gasteiger partial charge is 0.279 e. The fourth-order valence-electron chi connectivity index (χ4n) is 2.90. The summed E-state index contributed by atoms with van der Waals surface area (Å²) in [6.07, 6.45) is 0. The standard InChI is InChI=1S/C19H13N3O5S2/c1-27-13-8-9(6-7-12(13)23)16(24)21-22-18(26)15(29-19(22)28)14-10-4-2-3-5-11(10)20-17(14)25/h2-8,23,26H,1H3,(H,21,24). The quantitative estimate of drug-likeness (QED) is 0.543. The van der Waals surface area contributed by atoms with E-state index < -0.39 is 11.8 Å². The van der Waals surface area contributed by atoms with Gasteiger partial charge in [0.2, 0.25) is 5.88 Å². The fraction of sp³-hybridized carbons (Fsp3) is 0.0526. The number of aromatic hydroxyl groups is 2. The molecule has 4 rings (SSSR count). The molecule has 2 amide bonds. The van der Waals surface area contributed by atoms with Crippen molar-refractivity contribution in [3.63, 3.8) is 0 Å². The van der Waals surface area contributed by atoms with Gasteiger partial charge < -0.3 is 14.9 Å². The Hall–Kier alpha value is -3.50. The lowest BCUT2D eigenvalue weighted by molar-refractivity contribution is -0.112. The minimum atomic E-state index is -0.591. The lowest BCUT2D eigenvalue weighted by atomic mass is 10.1. The largest absolute Gasteiger partial charge is 0.504 e. The number of phenolic OH excluding ortho intramolecular Hbond substituents is 1. The molecule has 0 bridgehead atoms. The van der Waals surface area contributed by atoms with Crippen LogP contribution in [0.25, 0.3) is 5.57 Å². The maximum atomic E-state index is 12.6. The van der Waals surface area contributed by atoms with Gasteiger partial charge in [0, 0.05) is 10.8 Å². The van der Waals surface area contributed by atoms with Crippen molar-refractivity contribution in [2.75, 3.05) is 12.5 Å². The molecule has 0 saturated heterocycles. The van der Waals surface area contributed by atoms with Crippen LogP contribution in [0.15, 0.2) is 47.5 Å². The Balaban J connectivity index is 1.75. The van der Waals surface area contributed by atoms with Crippen molar-refractivity contribution in [3.05, 3.63) is 67.4 Å². The molecule has 1 aromatic heterocycles. The third-order valence-corrected chi connectivity index (χ3v) is 5.66. The van der Waals surface area contributed by atoms with Gasteiger partial charge in [-0.3, -0.25) is 15.0 Å². The monoisotopic (exact) mass is 427 g/mol. The van der Waals surface area contributed by atoms with E-state index in [2.05, 4.69) is 10.4 Å². The molecule has 2 heterocycles. The number of benzene rings is 2. The number of nitrogens with one attached hydrogen (secondary N) is 1. The Labute approximate surface area is 172 Å². The first-order valence-corrected chi connectivity index (χ1v) is 9.49. The number of fused-ring (bicyclic) bond motifs is 1. The molecule has 0 unspecified atom stereocenters. The third-order valence-electron chi connectivity index (χ3n) is 4.28. The van der Waals surface area contributed by atoms with Gasteiger partial charge >= 0.3 is 0 Å². The molecule has 3 N–H and O–H groups in total. The van der Waals surface area contributed by atoms with E-state index in [0.717, 1.165) is 16.0 Å². The molecule has 146 valence electrons. The van der Waals surface area contributed by atoms with Gasteiger partial charge in [0.1, 0.15) is 4.88 Å². The fourth-order valence-corrected chi connectivity index (χ4v) is 4.16. The van der Waals surface area contributed by atoms with Crippen molar-refractivity contribution < 1.29 is 24.5 Å². The van der Waals surface area contributed by atoms with E-state index >= 15 is 0 Å². The van der Waals surface area contributed by atoms with Crippen molar-refractivity contribution >= 4 is 40.9 Å². The molecular formula is C19H13N3O5S2. The van der Waals surface area contributed by atoms with E-state index in [1.807, 2.05) is 0 Å². The van der Waals surface area contributed by atoms with Crippen LogP contribution in [-0.2, 0) is 4.79 Å². The van der Waals surface area contributed by atoms with Crippen molar-refractivity contribution in [1.82, 2.24) is 4.68 Å². The minimum Gasteiger partial charge on any atom is -0.504 e. The van der Waals surface area contributed by atoms with Crippen molar-refractivity contribution in [2.45, 2.75) is 0 Å². The van der Waals surface area contributed by atoms with Crippen LogP contribution in [0.4, 0.5) is 0 Å². The molecule has 0 atom stereocenters. The van der Waals surface area contributed by atoms with E-state index in [9.17, 15) is 19.8 Å². The predicted octanol–water partition coefficient (Wildman–Crippen LogP) is 1.44.